The molecular formula is C96H60B3N5O. The van der Waals surface area contributed by atoms with Gasteiger partial charge in [-0.3, -0.25) is 0 Å². The van der Waals surface area contributed by atoms with Crippen LogP contribution in [0.25, 0.3) is 55.6 Å². The molecule has 0 aromatic heterocycles. The normalized spacial score (nSPS) is 13.6. The van der Waals surface area contributed by atoms with E-state index in [-0.39, 0.29) is 20.1 Å². The minimum atomic E-state index is -0.307. The van der Waals surface area contributed by atoms with E-state index in [4.69, 9.17) is 4.74 Å². The summed E-state index contributed by atoms with van der Waals surface area (Å²) in [6.07, 6.45) is 0. The summed E-state index contributed by atoms with van der Waals surface area (Å²) in [7, 11) is 0. The smallest absolute Gasteiger partial charge is 0.252 e. The van der Waals surface area contributed by atoms with Gasteiger partial charge in [0, 0.05) is 73.9 Å². The predicted molar refractivity (Wildman–Crippen MR) is 441 cm³/mol. The van der Waals surface area contributed by atoms with Gasteiger partial charge in [-0.2, -0.15) is 0 Å². The van der Waals surface area contributed by atoms with Gasteiger partial charge in [0.05, 0.1) is 11.4 Å². The number of ether oxygens (including phenoxy) is 1. The van der Waals surface area contributed by atoms with E-state index in [9.17, 15) is 0 Å². The van der Waals surface area contributed by atoms with Crippen LogP contribution in [0.5, 0.6) is 11.5 Å². The fourth-order valence-electron chi connectivity index (χ4n) is 18.8. The largest absolute Gasteiger partial charge is 0.453 e. The van der Waals surface area contributed by atoms with Gasteiger partial charge in [-0.15, -0.1) is 0 Å². The molecule has 0 bridgehead atoms. The molecule has 16 aromatic rings. The Morgan fingerprint density at radius 1 is 0.171 bits per heavy atom. The van der Waals surface area contributed by atoms with Gasteiger partial charge in [-0.05, 0) is 202 Å². The predicted octanol–water partition coefficient (Wildman–Crippen LogP) is 18.9. The molecule has 0 unspecified atom stereocenters. The average molecular weight is 1330 g/mol. The summed E-state index contributed by atoms with van der Waals surface area (Å²) < 4.78 is 7.85. The highest BCUT2D eigenvalue weighted by molar-refractivity contribution is 7.06. The van der Waals surface area contributed by atoms with Crippen molar-refractivity contribution in [1.82, 2.24) is 0 Å². The second-order valence-corrected chi connectivity index (χ2v) is 28.6. The zero-order chi connectivity index (χ0) is 68.5. The first-order valence-corrected chi connectivity index (χ1v) is 36.5. The van der Waals surface area contributed by atoms with Crippen LogP contribution in [0.2, 0.25) is 0 Å². The lowest BCUT2D eigenvalue weighted by Gasteiger charge is -2.53. The molecule has 0 aliphatic carbocycles. The number of anilines is 15. The van der Waals surface area contributed by atoms with Crippen LogP contribution in [0.1, 0.15) is 0 Å². The number of fused-ring (bicyclic) bond motifs is 10. The average Bonchev–Trinajstić information content (AvgIpc) is 0.659. The first kappa shape index (κ1) is 58.2. The first-order chi connectivity index (χ1) is 52.1. The monoisotopic (exact) mass is 1330 g/mol. The number of rotatable bonds is 9. The number of hydrogen-bond donors (Lipinski definition) is 0. The van der Waals surface area contributed by atoms with E-state index in [2.05, 4.69) is 388 Å². The van der Waals surface area contributed by atoms with Crippen molar-refractivity contribution in [3.05, 3.63) is 364 Å². The molecule has 23 rings (SSSR count). The maximum atomic E-state index is 7.85. The van der Waals surface area contributed by atoms with E-state index in [0.29, 0.717) is 0 Å². The number of nitrogens with zero attached hydrogens (tertiary/aromatic N) is 5. The third-order valence-corrected chi connectivity index (χ3v) is 23.1. The summed E-state index contributed by atoms with van der Waals surface area (Å²) in [6, 6.07) is 136. The zero-order valence-corrected chi connectivity index (χ0v) is 57.0. The van der Waals surface area contributed by atoms with E-state index in [1.165, 1.54) is 77.1 Å². The van der Waals surface area contributed by atoms with Crippen molar-refractivity contribution >= 4 is 155 Å². The van der Waals surface area contributed by atoms with Crippen molar-refractivity contribution in [2.24, 2.45) is 0 Å². The molecular weight excluding hydrogens is 1270 g/mol. The van der Waals surface area contributed by atoms with E-state index < -0.39 is 0 Å². The van der Waals surface area contributed by atoms with Crippen LogP contribution in [0.3, 0.4) is 0 Å². The van der Waals surface area contributed by atoms with Crippen LogP contribution >= 0.6 is 0 Å². The topological polar surface area (TPSA) is 25.4 Å². The molecule has 0 N–H and O–H groups in total. The Balaban J connectivity index is 0.876. The van der Waals surface area contributed by atoms with Gasteiger partial charge in [0.15, 0.2) is 11.5 Å². The van der Waals surface area contributed by atoms with Gasteiger partial charge in [0.25, 0.3) is 20.1 Å². The standard InChI is InChI=1S/C96H60B3N5O/c1-10-28-61(29-11-1)66-46-48-81-75(50-66)97-77-58-78-84(59-83(77)102(73-42-24-8-25-43-73)86-55-70(65-36-18-5-19-37-65)54-85(91(86)97)100(81)71-38-20-6-21-39-71)103(74-44-26-9-27-45-74)88-60-87-92-96-93(88)99(78)80-53-69(64-34-16-4-17-35-64)57-90-95(80)104(96)94-79(52-68(56-89(94)105-90)63-32-14-3-15-33-63)98(92)76-51-67(62-30-12-2-13-31-62)47-49-82(76)101(87)72-40-22-7-23-41-72/h1-60H. The molecule has 0 spiro atoms. The van der Waals surface area contributed by atoms with Crippen molar-refractivity contribution in [2.75, 3.05) is 24.5 Å². The van der Waals surface area contributed by atoms with Crippen LogP contribution in [0, 0.1) is 0 Å². The summed E-state index contributed by atoms with van der Waals surface area (Å²) >= 11 is 0. The maximum absolute atomic E-state index is 7.85. The van der Waals surface area contributed by atoms with Gasteiger partial charge in [0.1, 0.15) is 0 Å². The molecule has 16 aromatic carbocycles. The molecule has 484 valence electrons. The molecule has 7 aliphatic heterocycles. The van der Waals surface area contributed by atoms with Crippen molar-refractivity contribution in [2.45, 2.75) is 0 Å². The highest BCUT2D eigenvalue weighted by Crippen LogP contribution is 2.58. The van der Waals surface area contributed by atoms with Gasteiger partial charge in [-0.25, -0.2) is 0 Å². The first-order valence-electron chi connectivity index (χ1n) is 36.5. The molecule has 0 radical (unpaired) electrons. The highest BCUT2D eigenvalue weighted by Gasteiger charge is 2.56. The van der Waals surface area contributed by atoms with Gasteiger partial charge >= 0.3 is 0 Å². The lowest BCUT2D eigenvalue weighted by molar-refractivity contribution is 0.478. The Hall–Kier alpha value is -13.5. The van der Waals surface area contributed by atoms with Gasteiger partial charge in [-0.1, -0.05) is 267 Å². The van der Waals surface area contributed by atoms with E-state index in [1.807, 2.05) is 0 Å². The van der Waals surface area contributed by atoms with Crippen molar-refractivity contribution < 1.29 is 4.74 Å². The third kappa shape index (κ3) is 8.52. The lowest BCUT2D eigenvalue weighted by atomic mass is 9.27. The van der Waals surface area contributed by atoms with E-state index in [1.54, 1.807) is 0 Å². The zero-order valence-electron chi connectivity index (χ0n) is 57.0. The summed E-state index contributed by atoms with van der Waals surface area (Å²) in [4.78, 5) is 13.0. The van der Waals surface area contributed by atoms with Crippen LogP contribution < -0.4 is 78.4 Å². The van der Waals surface area contributed by atoms with Crippen LogP contribution in [0.15, 0.2) is 364 Å². The molecule has 6 nitrogen and oxygen atoms in total. The third-order valence-electron chi connectivity index (χ3n) is 23.1. The molecule has 7 aliphatic rings. The van der Waals surface area contributed by atoms with E-state index >= 15 is 0 Å². The number of hydrogen-bond acceptors (Lipinski definition) is 6. The lowest BCUT2D eigenvalue weighted by Crippen LogP contribution is -2.69. The summed E-state index contributed by atoms with van der Waals surface area (Å²) in [6.45, 7) is -0.759. The molecule has 0 amide bonds. The van der Waals surface area contributed by atoms with Gasteiger partial charge < -0.3 is 29.2 Å². The SMILES string of the molecule is c1ccc(-c2ccc3c(c2)B2c4cc5c(cc4N(c4ccccc4)c4cc(-c6ccccc6)cc(c42)N3c2ccccc2)N(c2ccccc2)c2cc3c4c6c2B5c2cc(-c5ccccc5)cc5c2N6c2c(cc(-c6ccccc6)cc2B4c2cc(-c4ccccc4)ccc2N3c2ccccc2)O5)cc1. The molecule has 0 saturated heterocycles. The molecule has 0 saturated carbocycles. The molecule has 9 heteroatoms. The minimum absolute atomic E-state index is 0.223. The van der Waals surface area contributed by atoms with E-state index in [0.717, 1.165) is 125 Å². The molecule has 0 atom stereocenters. The Kier molecular flexibility index (Phi) is 12.5. The Morgan fingerprint density at radius 2 is 0.448 bits per heavy atom. The number of benzene rings is 16. The van der Waals surface area contributed by atoms with Crippen LogP contribution in [-0.4, -0.2) is 20.1 Å². The fraction of sp³-hybridized carbons (Fsp3) is 0. The summed E-state index contributed by atoms with van der Waals surface area (Å²) in [5, 5.41) is 0. The van der Waals surface area contributed by atoms with Crippen LogP contribution in [-0.2, 0) is 0 Å². The second-order valence-electron chi connectivity index (χ2n) is 28.6. The summed E-state index contributed by atoms with van der Waals surface area (Å²) in [5.41, 5.74) is 39.6. The van der Waals surface area contributed by atoms with Gasteiger partial charge in [0.2, 0.25) is 0 Å². The highest BCUT2D eigenvalue weighted by atomic mass is 16.5. The summed E-state index contributed by atoms with van der Waals surface area (Å²) in [5.74, 6) is 1.68. The molecule has 105 heavy (non-hydrogen) atoms. The molecule has 7 heterocycles. The Labute approximate surface area is 611 Å². The Bertz CT molecular complexity index is 6280. The molecule has 0 fully saturated rings. The van der Waals surface area contributed by atoms with Crippen LogP contribution in [0.4, 0.5) is 85.3 Å². The van der Waals surface area contributed by atoms with Crippen molar-refractivity contribution in [1.29, 1.82) is 0 Å². The quantitative estimate of drug-likeness (QED) is 0.134. The minimum Gasteiger partial charge on any atom is -0.453 e. The Morgan fingerprint density at radius 3 is 0.810 bits per heavy atom. The van der Waals surface area contributed by atoms with Crippen molar-refractivity contribution in [3.8, 4) is 67.1 Å². The number of para-hydroxylation sites is 4. The maximum Gasteiger partial charge on any atom is 0.252 e. The van der Waals surface area contributed by atoms with Crippen molar-refractivity contribution in [3.63, 3.8) is 0 Å². The fourth-order valence-corrected chi connectivity index (χ4v) is 18.8. The second kappa shape index (κ2) is 22.5.